The van der Waals surface area contributed by atoms with Crippen LogP contribution < -0.4 is 5.32 Å². The molecule has 1 heterocycles. The van der Waals surface area contributed by atoms with Gasteiger partial charge in [0.1, 0.15) is 6.29 Å². The van der Waals surface area contributed by atoms with Crippen molar-refractivity contribution in [3.8, 4) is 0 Å². The molecular weight excluding hydrogens is 568 g/mol. The van der Waals surface area contributed by atoms with Crippen molar-refractivity contribution in [2.75, 3.05) is 12.5 Å². The first kappa shape index (κ1) is 28.0. The van der Waals surface area contributed by atoms with Crippen molar-refractivity contribution in [2.24, 2.45) is 22.7 Å². The molecule has 5 nitrogen and oxygen atoms in total. The van der Waals surface area contributed by atoms with Crippen LogP contribution in [0.15, 0.2) is 47.2 Å². The lowest BCUT2D eigenvalue weighted by Crippen LogP contribution is -2.56. The summed E-state index contributed by atoms with van der Waals surface area (Å²) in [6.45, 7) is 2.85. The number of allylic oxidation sites excluding steroid dienone is 2. The average Bonchev–Trinajstić information content (AvgIpc) is 3.20. The summed E-state index contributed by atoms with van der Waals surface area (Å²) in [5.41, 5.74) is 4.54. The van der Waals surface area contributed by atoms with E-state index < -0.39 is 26.4 Å². The van der Waals surface area contributed by atoms with Gasteiger partial charge in [0.25, 0.3) is 9.70 Å². The molecule has 1 aromatic rings. The Morgan fingerprint density at radius 3 is 2.55 bits per heavy atom. The number of carbonyl (C=O) groups excluding carboxylic acids is 3. The summed E-state index contributed by atoms with van der Waals surface area (Å²) in [6, 6.07) is 7.77. The minimum atomic E-state index is -2.24. The summed E-state index contributed by atoms with van der Waals surface area (Å²) < 4.78 is 3.45. The quantitative estimate of drug-likeness (QED) is 0.291. The third kappa shape index (κ3) is 4.52. The van der Waals surface area contributed by atoms with Crippen LogP contribution in [0.4, 0.5) is 0 Å². The number of imide groups is 1. The molecule has 5 rings (SSSR count). The SMILES string of the molecule is C[C@]12C[C@H](c3ccc(C=O)cc3)C3=C4CCOC=C4CCC3C1CC[C@]2(CCCl)C(=O)NC(=O)C(Cl)(Cl)Cl. The summed E-state index contributed by atoms with van der Waals surface area (Å²) in [7, 11) is 0. The molecule has 1 aromatic carbocycles. The zero-order valence-electron chi connectivity index (χ0n) is 21.2. The van der Waals surface area contributed by atoms with Gasteiger partial charge in [-0.2, -0.15) is 0 Å². The Balaban J connectivity index is 1.63. The number of amides is 2. The fourth-order valence-corrected chi connectivity index (χ4v) is 8.48. The lowest BCUT2D eigenvalue weighted by molar-refractivity contribution is -0.144. The summed E-state index contributed by atoms with van der Waals surface area (Å²) in [4.78, 5) is 37.9. The zero-order chi connectivity index (χ0) is 27.3. The minimum Gasteiger partial charge on any atom is -0.501 e. The molecular formula is C29H31Cl4NO4. The number of fused-ring (bicyclic) bond motifs is 4. The highest BCUT2D eigenvalue weighted by molar-refractivity contribution is 6.76. The summed E-state index contributed by atoms with van der Waals surface area (Å²) >= 11 is 23.8. The average molecular weight is 599 g/mol. The molecule has 4 aliphatic rings. The van der Waals surface area contributed by atoms with E-state index in [0.717, 1.165) is 37.5 Å². The number of aldehydes is 1. The van der Waals surface area contributed by atoms with Crippen LogP contribution in [0.3, 0.4) is 0 Å². The number of alkyl halides is 4. The smallest absolute Gasteiger partial charge is 0.278 e. The third-order valence-electron chi connectivity index (χ3n) is 9.75. The third-order valence-corrected chi connectivity index (χ3v) is 10.5. The Bertz CT molecular complexity index is 1200. The number of rotatable bonds is 5. The number of nitrogens with one attached hydrogen (secondary N) is 1. The van der Waals surface area contributed by atoms with Crippen molar-refractivity contribution in [1.29, 1.82) is 0 Å². The van der Waals surface area contributed by atoms with Crippen LogP contribution in [0.1, 0.15) is 73.7 Å². The first-order chi connectivity index (χ1) is 18.1. The van der Waals surface area contributed by atoms with Crippen LogP contribution in [0.25, 0.3) is 0 Å². The van der Waals surface area contributed by atoms with Crippen molar-refractivity contribution in [1.82, 2.24) is 5.32 Å². The predicted octanol–water partition coefficient (Wildman–Crippen LogP) is 7.04. The van der Waals surface area contributed by atoms with Gasteiger partial charge >= 0.3 is 0 Å². The van der Waals surface area contributed by atoms with Gasteiger partial charge in [0, 0.05) is 23.8 Å². The Kier molecular flexibility index (Phi) is 7.71. The molecule has 204 valence electrons. The van der Waals surface area contributed by atoms with E-state index in [2.05, 4.69) is 12.2 Å². The maximum Gasteiger partial charge on any atom is 0.278 e. The normalized spacial score (nSPS) is 32.3. The van der Waals surface area contributed by atoms with Gasteiger partial charge in [-0.3, -0.25) is 19.7 Å². The lowest BCUT2D eigenvalue weighted by atomic mass is 9.48. The Morgan fingerprint density at radius 2 is 1.89 bits per heavy atom. The van der Waals surface area contributed by atoms with Gasteiger partial charge in [-0.1, -0.05) is 71.6 Å². The van der Waals surface area contributed by atoms with Crippen LogP contribution in [0.5, 0.6) is 0 Å². The number of ether oxygens (including phenoxy) is 1. The molecule has 2 unspecified atom stereocenters. The van der Waals surface area contributed by atoms with E-state index in [4.69, 9.17) is 51.1 Å². The monoisotopic (exact) mass is 597 g/mol. The van der Waals surface area contributed by atoms with E-state index in [9.17, 15) is 14.4 Å². The Morgan fingerprint density at radius 1 is 1.16 bits per heavy atom. The minimum absolute atomic E-state index is 0.0585. The maximum atomic E-state index is 13.9. The first-order valence-corrected chi connectivity index (χ1v) is 14.8. The van der Waals surface area contributed by atoms with Gasteiger partial charge in [0.2, 0.25) is 5.91 Å². The molecule has 0 bridgehead atoms. The molecule has 2 saturated carbocycles. The number of hydrogen-bond acceptors (Lipinski definition) is 4. The predicted molar refractivity (Wildman–Crippen MR) is 150 cm³/mol. The van der Waals surface area contributed by atoms with Gasteiger partial charge in [-0.15, -0.1) is 11.6 Å². The number of benzene rings is 1. The van der Waals surface area contributed by atoms with Crippen molar-refractivity contribution >= 4 is 64.5 Å². The molecule has 2 fully saturated rings. The summed E-state index contributed by atoms with van der Waals surface area (Å²) in [5.74, 6) is -0.474. The van der Waals surface area contributed by atoms with E-state index in [1.807, 2.05) is 30.5 Å². The van der Waals surface area contributed by atoms with E-state index in [1.54, 1.807) is 0 Å². The number of halogens is 4. The van der Waals surface area contributed by atoms with E-state index in [-0.39, 0.29) is 17.7 Å². The first-order valence-electron chi connectivity index (χ1n) is 13.1. The van der Waals surface area contributed by atoms with Crippen LogP contribution in [0, 0.1) is 22.7 Å². The van der Waals surface area contributed by atoms with E-state index >= 15 is 0 Å². The Hall–Kier alpha value is -1.53. The fourth-order valence-electron chi connectivity index (χ4n) is 8.01. The highest BCUT2D eigenvalue weighted by Crippen LogP contribution is 2.70. The topological polar surface area (TPSA) is 72.5 Å². The molecule has 2 amide bonds. The second kappa shape index (κ2) is 10.5. The van der Waals surface area contributed by atoms with Gasteiger partial charge in [0.05, 0.1) is 18.3 Å². The number of hydrogen-bond donors (Lipinski definition) is 1. The molecule has 1 aliphatic heterocycles. The highest BCUT2D eigenvalue weighted by Gasteiger charge is 2.66. The van der Waals surface area contributed by atoms with Crippen molar-refractivity contribution in [2.45, 2.75) is 61.6 Å². The van der Waals surface area contributed by atoms with Crippen molar-refractivity contribution in [3.63, 3.8) is 0 Å². The van der Waals surface area contributed by atoms with Crippen molar-refractivity contribution < 1.29 is 19.1 Å². The molecule has 0 aromatic heterocycles. The zero-order valence-corrected chi connectivity index (χ0v) is 24.2. The van der Waals surface area contributed by atoms with Crippen LogP contribution in [-0.2, 0) is 14.3 Å². The van der Waals surface area contributed by atoms with Crippen LogP contribution in [0.2, 0.25) is 0 Å². The Labute approximate surface area is 243 Å². The van der Waals surface area contributed by atoms with Crippen LogP contribution >= 0.6 is 46.4 Å². The van der Waals surface area contributed by atoms with Crippen LogP contribution in [-0.4, -0.2) is 34.4 Å². The largest absolute Gasteiger partial charge is 0.501 e. The second-order valence-electron chi connectivity index (χ2n) is 11.2. The molecule has 0 saturated heterocycles. The van der Waals surface area contributed by atoms with Gasteiger partial charge in [-0.05, 0) is 72.5 Å². The second-order valence-corrected chi connectivity index (χ2v) is 13.9. The van der Waals surface area contributed by atoms with E-state index in [1.165, 1.54) is 16.7 Å². The lowest BCUT2D eigenvalue weighted by Gasteiger charge is -2.55. The molecule has 0 radical (unpaired) electrons. The maximum absolute atomic E-state index is 13.9. The molecule has 9 heteroatoms. The van der Waals surface area contributed by atoms with Gasteiger partial charge in [-0.25, -0.2) is 0 Å². The molecule has 0 spiro atoms. The molecule has 38 heavy (non-hydrogen) atoms. The standard InChI is InChI=1S/C29H31Cl4NO4/c1-27-14-22(18-4-2-17(15-35)3-5-18)24-20-9-13-38-16-19(20)6-7-21(24)23(27)8-10-28(27,11-12-30)25(36)34-26(37)29(31,32)33/h2-5,15-16,21-23H,6-14H2,1H3,(H,34,36,37)/t21?,22-,23?,27+,28+/m1/s1. The molecule has 5 atom stereocenters. The van der Waals surface area contributed by atoms with Gasteiger partial charge in [0.15, 0.2) is 0 Å². The van der Waals surface area contributed by atoms with Gasteiger partial charge < -0.3 is 4.74 Å². The van der Waals surface area contributed by atoms with Crippen molar-refractivity contribution in [3.05, 3.63) is 58.4 Å². The fraction of sp³-hybridized carbons (Fsp3) is 0.552. The highest BCUT2D eigenvalue weighted by atomic mass is 35.6. The molecule has 3 aliphatic carbocycles. The summed E-state index contributed by atoms with van der Waals surface area (Å²) in [6.07, 6.45) is 8.16. The number of carbonyl (C=O) groups is 3. The molecule has 1 N–H and O–H groups in total. The van der Waals surface area contributed by atoms with E-state index in [0.29, 0.717) is 37.4 Å². The summed E-state index contributed by atoms with van der Waals surface area (Å²) in [5, 5.41) is 2.42.